The number of imidazole rings is 2. The second kappa shape index (κ2) is 3.97. The number of hydrogen-bond acceptors (Lipinski definition) is 2. The maximum absolute atomic E-state index is 4.56. The molecule has 2 aliphatic carbocycles. The number of nitrogens with zero attached hydrogens (tertiary/aromatic N) is 4. The van der Waals surface area contributed by atoms with Crippen LogP contribution >= 0.6 is 0 Å². The fraction of sp³-hybridized carbons (Fsp3) is 0.571. The van der Waals surface area contributed by atoms with Crippen LogP contribution in [0.5, 0.6) is 0 Å². The zero-order valence-electron chi connectivity index (χ0n) is 10.5. The average molecular weight is 242 g/mol. The van der Waals surface area contributed by atoms with E-state index in [1.165, 1.54) is 49.2 Å². The molecule has 2 aromatic heterocycles. The van der Waals surface area contributed by atoms with E-state index in [9.17, 15) is 0 Å². The van der Waals surface area contributed by atoms with Crippen LogP contribution in [0.1, 0.15) is 48.8 Å². The summed E-state index contributed by atoms with van der Waals surface area (Å²) >= 11 is 0. The number of aromatic nitrogens is 4. The Morgan fingerprint density at radius 1 is 1.17 bits per heavy atom. The topological polar surface area (TPSA) is 35.6 Å². The minimum absolute atomic E-state index is 0.710. The molecule has 0 spiro atoms. The van der Waals surface area contributed by atoms with Gasteiger partial charge in [-0.1, -0.05) is 0 Å². The first-order valence-electron chi connectivity index (χ1n) is 6.95. The van der Waals surface area contributed by atoms with Crippen LogP contribution in [-0.2, 0) is 19.4 Å². The van der Waals surface area contributed by atoms with E-state index in [-0.39, 0.29) is 0 Å². The van der Waals surface area contributed by atoms with Gasteiger partial charge in [0.05, 0.1) is 30.6 Å². The molecule has 1 fully saturated rings. The molecule has 18 heavy (non-hydrogen) atoms. The molecule has 0 amide bonds. The molecule has 2 aromatic rings. The van der Waals surface area contributed by atoms with Crippen molar-refractivity contribution in [2.75, 3.05) is 0 Å². The molecule has 94 valence electrons. The maximum Gasteiger partial charge on any atom is 0.0955 e. The van der Waals surface area contributed by atoms with Gasteiger partial charge in [0.2, 0.25) is 0 Å². The zero-order valence-corrected chi connectivity index (χ0v) is 10.5. The van der Waals surface area contributed by atoms with Crippen molar-refractivity contribution in [3.8, 4) is 0 Å². The van der Waals surface area contributed by atoms with Gasteiger partial charge < -0.3 is 9.13 Å². The molecule has 0 unspecified atom stereocenters. The van der Waals surface area contributed by atoms with Crippen molar-refractivity contribution >= 4 is 0 Å². The summed E-state index contributed by atoms with van der Waals surface area (Å²) in [5, 5.41) is 0. The Bertz CT molecular complexity index is 562. The summed E-state index contributed by atoms with van der Waals surface area (Å²) in [5.74, 6) is 0. The van der Waals surface area contributed by atoms with Crippen molar-refractivity contribution in [1.29, 1.82) is 0 Å². The first-order valence-corrected chi connectivity index (χ1v) is 6.95. The van der Waals surface area contributed by atoms with Gasteiger partial charge in [0, 0.05) is 17.9 Å². The van der Waals surface area contributed by atoms with Gasteiger partial charge in [-0.15, -0.1) is 0 Å². The molecule has 2 heterocycles. The average Bonchev–Trinajstić information content (AvgIpc) is 3.01. The lowest BCUT2D eigenvalue weighted by Crippen LogP contribution is -2.11. The summed E-state index contributed by atoms with van der Waals surface area (Å²) in [6, 6.07) is 0.710. The van der Waals surface area contributed by atoms with Crippen molar-refractivity contribution in [2.24, 2.45) is 0 Å². The standard InChI is InChI=1S/C14H18N4/c1-2-4-14-13(3-1)16-10-17(14)8-12-7-15-9-18(12)11-5-6-11/h7,9-11H,1-6,8H2. The number of aryl methyl sites for hydroxylation is 1. The molecule has 0 radical (unpaired) electrons. The van der Waals surface area contributed by atoms with Gasteiger partial charge >= 0.3 is 0 Å². The van der Waals surface area contributed by atoms with Gasteiger partial charge in [-0.2, -0.15) is 0 Å². The summed E-state index contributed by atoms with van der Waals surface area (Å²) in [4.78, 5) is 8.87. The normalized spacial score (nSPS) is 18.9. The summed E-state index contributed by atoms with van der Waals surface area (Å²) < 4.78 is 4.67. The third-order valence-electron chi connectivity index (χ3n) is 4.13. The second-order valence-electron chi connectivity index (χ2n) is 5.50. The summed E-state index contributed by atoms with van der Waals surface area (Å²) in [7, 11) is 0. The molecular formula is C14H18N4. The van der Waals surface area contributed by atoms with Gasteiger partial charge in [0.1, 0.15) is 0 Å². The van der Waals surface area contributed by atoms with Gasteiger partial charge in [0.25, 0.3) is 0 Å². The van der Waals surface area contributed by atoms with Crippen LogP contribution in [0.15, 0.2) is 18.9 Å². The Labute approximate surface area is 107 Å². The van der Waals surface area contributed by atoms with E-state index in [1.807, 2.05) is 18.9 Å². The van der Waals surface area contributed by atoms with Crippen LogP contribution < -0.4 is 0 Å². The molecule has 0 atom stereocenters. The van der Waals surface area contributed by atoms with E-state index in [2.05, 4.69) is 19.1 Å². The van der Waals surface area contributed by atoms with Crippen LogP contribution in [0.3, 0.4) is 0 Å². The van der Waals surface area contributed by atoms with Gasteiger partial charge in [-0.25, -0.2) is 9.97 Å². The molecule has 0 aliphatic heterocycles. The van der Waals surface area contributed by atoms with Crippen LogP contribution in [0.4, 0.5) is 0 Å². The number of hydrogen-bond donors (Lipinski definition) is 0. The monoisotopic (exact) mass is 242 g/mol. The van der Waals surface area contributed by atoms with Crippen LogP contribution in [0, 0.1) is 0 Å². The third kappa shape index (κ3) is 1.67. The van der Waals surface area contributed by atoms with Gasteiger partial charge in [-0.3, -0.25) is 0 Å². The van der Waals surface area contributed by atoms with Crippen molar-refractivity contribution in [3.63, 3.8) is 0 Å². The van der Waals surface area contributed by atoms with Crippen molar-refractivity contribution in [1.82, 2.24) is 19.1 Å². The van der Waals surface area contributed by atoms with Crippen molar-refractivity contribution < 1.29 is 0 Å². The summed E-state index contributed by atoms with van der Waals surface area (Å²) in [5.41, 5.74) is 4.09. The van der Waals surface area contributed by atoms with Crippen molar-refractivity contribution in [3.05, 3.63) is 35.9 Å². The molecule has 0 aromatic carbocycles. The highest BCUT2D eigenvalue weighted by molar-refractivity contribution is 5.18. The summed E-state index contributed by atoms with van der Waals surface area (Å²) in [6.07, 6.45) is 13.6. The highest BCUT2D eigenvalue weighted by atomic mass is 15.1. The molecular weight excluding hydrogens is 224 g/mol. The predicted octanol–water partition coefficient (Wildman–Crippen LogP) is 2.34. The first-order chi connectivity index (χ1) is 8.92. The smallest absolute Gasteiger partial charge is 0.0955 e. The number of rotatable bonds is 3. The minimum Gasteiger partial charge on any atom is -0.330 e. The molecule has 2 aliphatic rings. The zero-order chi connectivity index (χ0) is 11.9. The molecule has 4 nitrogen and oxygen atoms in total. The molecule has 0 bridgehead atoms. The lowest BCUT2D eigenvalue weighted by molar-refractivity contribution is 0.605. The summed E-state index contributed by atoms with van der Waals surface area (Å²) in [6.45, 7) is 0.929. The minimum atomic E-state index is 0.710. The second-order valence-corrected chi connectivity index (χ2v) is 5.50. The maximum atomic E-state index is 4.56. The van der Waals surface area contributed by atoms with E-state index in [0.29, 0.717) is 6.04 Å². The largest absolute Gasteiger partial charge is 0.330 e. The SMILES string of the molecule is c1ncn(C2CC2)c1Cn1cnc2c1CCCC2. The van der Waals surface area contributed by atoms with E-state index < -0.39 is 0 Å². The molecule has 1 saturated carbocycles. The molecule has 4 rings (SSSR count). The molecule has 0 saturated heterocycles. The van der Waals surface area contributed by atoms with Crippen molar-refractivity contribution in [2.45, 2.75) is 51.1 Å². The van der Waals surface area contributed by atoms with E-state index in [4.69, 9.17) is 0 Å². The molecule has 0 N–H and O–H groups in total. The Morgan fingerprint density at radius 2 is 2.06 bits per heavy atom. The molecule has 4 heteroatoms. The first kappa shape index (κ1) is 10.4. The Morgan fingerprint density at radius 3 is 2.94 bits per heavy atom. The van der Waals surface area contributed by atoms with Crippen LogP contribution in [-0.4, -0.2) is 19.1 Å². The quantitative estimate of drug-likeness (QED) is 0.828. The fourth-order valence-corrected chi connectivity index (χ4v) is 2.98. The van der Waals surface area contributed by atoms with Crippen LogP contribution in [0.2, 0.25) is 0 Å². The fourth-order valence-electron chi connectivity index (χ4n) is 2.98. The number of fused-ring (bicyclic) bond motifs is 1. The Hall–Kier alpha value is -1.58. The van der Waals surface area contributed by atoms with E-state index >= 15 is 0 Å². The third-order valence-corrected chi connectivity index (χ3v) is 4.13. The van der Waals surface area contributed by atoms with Gasteiger partial charge in [-0.05, 0) is 38.5 Å². The highest BCUT2D eigenvalue weighted by Crippen LogP contribution is 2.35. The van der Waals surface area contributed by atoms with Gasteiger partial charge in [0.15, 0.2) is 0 Å². The predicted molar refractivity (Wildman–Crippen MR) is 68.5 cm³/mol. The van der Waals surface area contributed by atoms with Crippen LogP contribution in [0.25, 0.3) is 0 Å². The van der Waals surface area contributed by atoms with E-state index in [0.717, 1.165) is 13.0 Å². The Kier molecular flexibility index (Phi) is 2.28. The lowest BCUT2D eigenvalue weighted by Gasteiger charge is -2.14. The lowest BCUT2D eigenvalue weighted by atomic mass is 10.0. The Balaban J connectivity index is 1.64. The van der Waals surface area contributed by atoms with E-state index in [1.54, 1.807) is 0 Å². The highest BCUT2D eigenvalue weighted by Gasteiger charge is 2.25.